The molecule has 0 saturated carbocycles. The van der Waals surface area contributed by atoms with Gasteiger partial charge >= 0.3 is 5.97 Å². The normalized spacial score (nSPS) is 12.1. The molecule has 0 aliphatic carbocycles. The molecular weight excluding hydrogens is 276 g/mol. The second kappa shape index (κ2) is 6.25. The van der Waals surface area contributed by atoms with Crippen LogP contribution in [0, 0.1) is 0 Å². The first-order chi connectivity index (χ1) is 10.0. The third kappa shape index (κ3) is 3.31. The standard InChI is InChI=1S/C14H16N2O5/c1-3-9(2)16(8-13(17)18)14(19)10-7-12(21-15-10)11-5-4-6-20-11/h4-7,9H,3,8H2,1-2H3,(H,17,18). The molecule has 0 fully saturated rings. The Morgan fingerprint density at radius 3 is 2.76 bits per heavy atom. The highest BCUT2D eigenvalue weighted by Gasteiger charge is 2.26. The molecule has 7 nitrogen and oxygen atoms in total. The molecule has 2 rings (SSSR count). The van der Waals surface area contributed by atoms with E-state index in [0.717, 1.165) is 0 Å². The summed E-state index contributed by atoms with van der Waals surface area (Å²) in [5, 5.41) is 12.6. The highest BCUT2D eigenvalue weighted by molar-refractivity contribution is 5.94. The summed E-state index contributed by atoms with van der Waals surface area (Å²) >= 11 is 0. The van der Waals surface area contributed by atoms with Crippen LogP contribution in [0.2, 0.25) is 0 Å². The van der Waals surface area contributed by atoms with Crippen molar-refractivity contribution in [3.05, 3.63) is 30.2 Å². The van der Waals surface area contributed by atoms with E-state index in [1.165, 1.54) is 17.2 Å². The first-order valence-electron chi connectivity index (χ1n) is 6.56. The average molecular weight is 292 g/mol. The Morgan fingerprint density at radius 1 is 1.43 bits per heavy atom. The maximum atomic E-state index is 12.4. The molecule has 1 amide bonds. The van der Waals surface area contributed by atoms with Gasteiger partial charge in [0, 0.05) is 12.1 Å². The molecule has 0 aliphatic heterocycles. The number of furan rings is 1. The summed E-state index contributed by atoms with van der Waals surface area (Å²) < 4.78 is 10.2. The van der Waals surface area contributed by atoms with E-state index in [1.807, 2.05) is 6.92 Å². The zero-order valence-corrected chi connectivity index (χ0v) is 11.8. The Kier molecular flexibility index (Phi) is 4.42. The molecule has 0 bridgehead atoms. The predicted octanol–water partition coefficient (Wildman–Crippen LogP) is 2.26. The molecule has 2 aromatic heterocycles. The van der Waals surface area contributed by atoms with E-state index < -0.39 is 11.9 Å². The maximum Gasteiger partial charge on any atom is 0.323 e. The summed E-state index contributed by atoms with van der Waals surface area (Å²) in [7, 11) is 0. The van der Waals surface area contributed by atoms with E-state index in [2.05, 4.69) is 5.16 Å². The molecule has 0 radical (unpaired) electrons. The van der Waals surface area contributed by atoms with Gasteiger partial charge in [0.1, 0.15) is 6.54 Å². The summed E-state index contributed by atoms with van der Waals surface area (Å²) in [6.45, 7) is 3.29. The number of hydrogen-bond acceptors (Lipinski definition) is 5. The zero-order chi connectivity index (χ0) is 15.4. The van der Waals surface area contributed by atoms with Crippen molar-refractivity contribution >= 4 is 11.9 Å². The van der Waals surface area contributed by atoms with Gasteiger partial charge in [0.15, 0.2) is 11.5 Å². The van der Waals surface area contributed by atoms with Crippen LogP contribution in [0.4, 0.5) is 0 Å². The number of aromatic nitrogens is 1. The molecule has 0 saturated heterocycles. The largest absolute Gasteiger partial charge is 0.480 e. The fourth-order valence-electron chi connectivity index (χ4n) is 1.85. The Hall–Kier alpha value is -2.57. The number of carboxylic acids is 1. The van der Waals surface area contributed by atoms with E-state index >= 15 is 0 Å². The Bertz CT molecular complexity index is 617. The molecule has 7 heteroatoms. The Morgan fingerprint density at radius 2 is 2.19 bits per heavy atom. The summed E-state index contributed by atoms with van der Waals surface area (Å²) in [4.78, 5) is 24.5. The van der Waals surface area contributed by atoms with E-state index in [-0.39, 0.29) is 18.3 Å². The quantitative estimate of drug-likeness (QED) is 0.877. The monoisotopic (exact) mass is 292 g/mol. The highest BCUT2D eigenvalue weighted by Crippen LogP contribution is 2.21. The summed E-state index contributed by atoms with van der Waals surface area (Å²) in [6, 6.07) is 4.60. The number of carboxylic acid groups (broad SMARTS) is 1. The minimum Gasteiger partial charge on any atom is -0.480 e. The van der Waals surface area contributed by atoms with E-state index in [9.17, 15) is 9.59 Å². The predicted molar refractivity (Wildman–Crippen MR) is 72.6 cm³/mol. The number of amides is 1. The smallest absolute Gasteiger partial charge is 0.323 e. The third-order valence-corrected chi connectivity index (χ3v) is 3.18. The maximum absolute atomic E-state index is 12.4. The van der Waals surface area contributed by atoms with Crippen molar-refractivity contribution in [1.29, 1.82) is 0 Å². The van der Waals surface area contributed by atoms with Crippen LogP contribution in [0.3, 0.4) is 0 Å². The van der Waals surface area contributed by atoms with Crippen LogP contribution >= 0.6 is 0 Å². The number of nitrogens with zero attached hydrogens (tertiary/aromatic N) is 2. The first kappa shape index (κ1) is 14.8. The molecule has 1 N–H and O–H groups in total. The average Bonchev–Trinajstić information content (AvgIpc) is 3.12. The lowest BCUT2D eigenvalue weighted by Gasteiger charge is -2.25. The van der Waals surface area contributed by atoms with E-state index in [1.54, 1.807) is 19.1 Å². The van der Waals surface area contributed by atoms with Crippen molar-refractivity contribution in [2.75, 3.05) is 6.54 Å². The van der Waals surface area contributed by atoms with Gasteiger partial charge < -0.3 is 18.9 Å². The van der Waals surface area contributed by atoms with Crippen molar-refractivity contribution in [2.24, 2.45) is 0 Å². The van der Waals surface area contributed by atoms with Crippen LogP contribution in [-0.4, -0.2) is 39.6 Å². The van der Waals surface area contributed by atoms with Crippen molar-refractivity contribution in [1.82, 2.24) is 10.1 Å². The van der Waals surface area contributed by atoms with E-state index in [0.29, 0.717) is 17.9 Å². The van der Waals surface area contributed by atoms with Gasteiger partial charge in [-0.3, -0.25) is 9.59 Å². The highest BCUT2D eigenvalue weighted by atomic mass is 16.5. The topological polar surface area (TPSA) is 96.8 Å². The lowest BCUT2D eigenvalue weighted by Crippen LogP contribution is -2.41. The van der Waals surface area contributed by atoms with Crippen molar-refractivity contribution in [2.45, 2.75) is 26.3 Å². The molecule has 1 atom stereocenters. The number of carbonyl (C=O) groups excluding carboxylic acids is 1. The lowest BCUT2D eigenvalue weighted by molar-refractivity contribution is -0.138. The van der Waals surface area contributed by atoms with Crippen LogP contribution in [0.5, 0.6) is 0 Å². The molecule has 112 valence electrons. The second-order valence-electron chi connectivity index (χ2n) is 4.64. The fourth-order valence-corrected chi connectivity index (χ4v) is 1.85. The van der Waals surface area contributed by atoms with Gasteiger partial charge in [-0.05, 0) is 25.5 Å². The van der Waals surface area contributed by atoms with Crippen molar-refractivity contribution in [3.8, 4) is 11.5 Å². The molecule has 1 unspecified atom stereocenters. The summed E-state index contributed by atoms with van der Waals surface area (Å²) in [5.74, 6) is -0.774. The minimum atomic E-state index is -1.07. The number of rotatable bonds is 6. The number of aliphatic carboxylic acids is 1. The Balaban J connectivity index is 2.22. The first-order valence-corrected chi connectivity index (χ1v) is 6.56. The van der Waals surface area contributed by atoms with Crippen molar-refractivity contribution in [3.63, 3.8) is 0 Å². The van der Waals surface area contributed by atoms with Crippen LogP contribution in [-0.2, 0) is 4.79 Å². The van der Waals surface area contributed by atoms with Crippen LogP contribution < -0.4 is 0 Å². The second-order valence-corrected chi connectivity index (χ2v) is 4.64. The van der Waals surface area contributed by atoms with Gasteiger partial charge in [0.2, 0.25) is 5.76 Å². The Labute approximate surface area is 121 Å². The van der Waals surface area contributed by atoms with Crippen LogP contribution in [0.1, 0.15) is 30.8 Å². The molecular formula is C14H16N2O5. The van der Waals surface area contributed by atoms with Gasteiger partial charge in [0.25, 0.3) is 5.91 Å². The van der Waals surface area contributed by atoms with Gasteiger partial charge in [-0.2, -0.15) is 0 Å². The SMILES string of the molecule is CCC(C)N(CC(=O)O)C(=O)c1cc(-c2ccco2)on1. The minimum absolute atomic E-state index is 0.0583. The number of hydrogen-bond donors (Lipinski definition) is 1. The molecule has 2 aromatic rings. The molecule has 0 spiro atoms. The zero-order valence-electron chi connectivity index (χ0n) is 11.8. The summed E-state index contributed by atoms with van der Waals surface area (Å²) in [6.07, 6.45) is 2.12. The third-order valence-electron chi connectivity index (χ3n) is 3.18. The van der Waals surface area contributed by atoms with Gasteiger partial charge in [-0.15, -0.1) is 0 Å². The van der Waals surface area contributed by atoms with E-state index in [4.69, 9.17) is 14.0 Å². The molecule has 0 aliphatic rings. The fraction of sp³-hybridized carbons (Fsp3) is 0.357. The van der Waals surface area contributed by atoms with Gasteiger partial charge in [-0.1, -0.05) is 12.1 Å². The molecule has 21 heavy (non-hydrogen) atoms. The van der Waals surface area contributed by atoms with Gasteiger partial charge in [-0.25, -0.2) is 0 Å². The summed E-state index contributed by atoms with van der Waals surface area (Å²) in [5.41, 5.74) is 0.0583. The van der Waals surface area contributed by atoms with Gasteiger partial charge in [0.05, 0.1) is 6.26 Å². The lowest BCUT2D eigenvalue weighted by atomic mass is 10.2. The number of carbonyl (C=O) groups is 2. The van der Waals surface area contributed by atoms with Crippen LogP contribution in [0.15, 0.2) is 33.4 Å². The van der Waals surface area contributed by atoms with Crippen LogP contribution in [0.25, 0.3) is 11.5 Å². The molecule has 2 heterocycles. The van der Waals surface area contributed by atoms with Crippen molar-refractivity contribution < 1.29 is 23.6 Å². The molecule has 0 aromatic carbocycles.